The Bertz CT molecular complexity index is 702. The molecular weight excluding hydrogens is 274 g/mol. The standard InChI is InChI=1S/C14H11N3O4/c18-11-4-1-3-10(7-11)14(19)8-13(17(20)21)12-5-2-6-15-9-16-12/h1-4,6-9,18H,5H2/b13-8+. The highest BCUT2D eigenvalue weighted by molar-refractivity contribution is 6.11. The number of benzene rings is 1. The van der Waals surface area contributed by atoms with Gasteiger partial charge in [0.2, 0.25) is 0 Å². The average molecular weight is 285 g/mol. The normalized spacial score (nSPS) is 14.5. The molecule has 1 aromatic rings. The number of ketones is 1. The first-order chi connectivity index (χ1) is 10.1. The quantitative estimate of drug-likeness (QED) is 0.396. The number of phenolic OH excluding ortho intramolecular Hbond substituents is 1. The van der Waals surface area contributed by atoms with E-state index in [0.29, 0.717) is 0 Å². The van der Waals surface area contributed by atoms with E-state index < -0.39 is 10.7 Å². The number of nitro groups is 1. The summed E-state index contributed by atoms with van der Waals surface area (Å²) in [6.45, 7) is 0. The van der Waals surface area contributed by atoms with Gasteiger partial charge in [-0.2, -0.15) is 0 Å². The summed E-state index contributed by atoms with van der Waals surface area (Å²) in [5, 5.41) is 20.5. The van der Waals surface area contributed by atoms with Crippen molar-refractivity contribution < 1.29 is 14.8 Å². The number of hydrogen-bond acceptors (Lipinski definition) is 6. The summed E-state index contributed by atoms with van der Waals surface area (Å²) in [5.74, 6) is -0.663. The first-order valence-corrected chi connectivity index (χ1v) is 6.01. The number of allylic oxidation sites excluding steroid dienone is 3. The molecule has 0 amide bonds. The third-order valence-electron chi connectivity index (χ3n) is 2.67. The van der Waals surface area contributed by atoms with Crippen LogP contribution in [0.25, 0.3) is 0 Å². The topological polar surface area (TPSA) is 105 Å². The van der Waals surface area contributed by atoms with Crippen molar-refractivity contribution in [2.45, 2.75) is 6.42 Å². The summed E-state index contributed by atoms with van der Waals surface area (Å²) >= 11 is 0. The van der Waals surface area contributed by atoms with Crippen LogP contribution < -0.4 is 0 Å². The maximum Gasteiger partial charge on any atom is 0.294 e. The SMILES string of the molecule is O=C(/C=C(\C1=NC=NC=CC1)[N+](=O)[O-])c1cccc(O)c1. The van der Waals surface area contributed by atoms with Crippen LogP contribution in [0.2, 0.25) is 0 Å². The van der Waals surface area contributed by atoms with Gasteiger partial charge in [0, 0.05) is 18.2 Å². The molecule has 0 bridgehead atoms. The Morgan fingerprint density at radius 2 is 2.24 bits per heavy atom. The number of aliphatic imine (C=N–C) groups is 2. The number of nitrogens with zero attached hydrogens (tertiary/aromatic N) is 3. The molecule has 0 saturated carbocycles. The van der Waals surface area contributed by atoms with Crippen molar-refractivity contribution in [2.75, 3.05) is 0 Å². The average Bonchev–Trinajstić information content (AvgIpc) is 2.73. The molecule has 21 heavy (non-hydrogen) atoms. The van der Waals surface area contributed by atoms with Crippen molar-refractivity contribution in [3.05, 3.63) is 64.0 Å². The lowest BCUT2D eigenvalue weighted by Gasteiger charge is -2.00. The molecule has 0 unspecified atom stereocenters. The second kappa shape index (κ2) is 6.38. The van der Waals surface area contributed by atoms with E-state index in [9.17, 15) is 20.0 Å². The highest BCUT2D eigenvalue weighted by Gasteiger charge is 2.21. The predicted octanol–water partition coefficient (Wildman–Crippen LogP) is 2.12. The van der Waals surface area contributed by atoms with E-state index in [1.165, 1.54) is 36.8 Å². The number of aromatic hydroxyl groups is 1. The Balaban J connectivity index is 2.36. The fraction of sp³-hybridized carbons (Fsp3) is 0.0714. The molecule has 7 heteroatoms. The van der Waals surface area contributed by atoms with Gasteiger partial charge in [-0.05, 0) is 12.1 Å². The van der Waals surface area contributed by atoms with Crippen LogP contribution in [0.4, 0.5) is 0 Å². The van der Waals surface area contributed by atoms with Crippen LogP contribution >= 0.6 is 0 Å². The molecule has 0 aromatic heterocycles. The van der Waals surface area contributed by atoms with Crippen molar-refractivity contribution in [3.63, 3.8) is 0 Å². The monoisotopic (exact) mass is 285 g/mol. The largest absolute Gasteiger partial charge is 0.508 e. The second-order valence-electron chi connectivity index (χ2n) is 4.13. The minimum atomic E-state index is -0.660. The molecule has 0 fully saturated rings. The van der Waals surface area contributed by atoms with Crippen LogP contribution in [-0.2, 0) is 0 Å². The fourth-order valence-electron chi connectivity index (χ4n) is 1.70. The van der Waals surface area contributed by atoms with Crippen LogP contribution in [0.3, 0.4) is 0 Å². The number of carbonyl (C=O) groups is 1. The van der Waals surface area contributed by atoms with E-state index in [0.717, 1.165) is 6.08 Å². The predicted molar refractivity (Wildman–Crippen MR) is 77.2 cm³/mol. The smallest absolute Gasteiger partial charge is 0.294 e. The maximum absolute atomic E-state index is 12.0. The lowest BCUT2D eigenvalue weighted by Crippen LogP contribution is -2.13. The van der Waals surface area contributed by atoms with E-state index in [1.54, 1.807) is 6.08 Å². The number of hydrogen-bond donors (Lipinski definition) is 1. The molecule has 1 N–H and O–H groups in total. The van der Waals surface area contributed by atoms with Crippen LogP contribution in [0.5, 0.6) is 5.75 Å². The first-order valence-electron chi connectivity index (χ1n) is 6.01. The first kappa shape index (κ1) is 14.3. The molecule has 1 heterocycles. The zero-order valence-corrected chi connectivity index (χ0v) is 10.8. The number of phenols is 1. The Morgan fingerprint density at radius 1 is 1.43 bits per heavy atom. The Morgan fingerprint density at radius 3 is 2.95 bits per heavy atom. The second-order valence-corrected chi connectivity index (χ2v) is 4.13. The van der Waals surface area contributed by atoms with Crippen molar-refractivity contribution in [2.24, 2.45) is 9.98 Å². The Labute approximate surface area is 119 Å². The molecule has 0 spiro atoms. The molecule has 0 saturated heterocycles. The molecule has 1 aliphatic rings. The van der Waals surface area contributed by atoms with Crippen molar-refractivity contribution >= 4 is 17.8 Å². The van der Waals surface area contributed by atoms with Gasteiger partial charge in [-0.3, -0.25) is 14.9 Å². The molecule has 0 radical (unpaired) electrons. The molecule has 7 nitrogen and oxygen atoms in total. The van der Waals surface area contributed by atoms with Crippen molar-refractivity contribution in [3.8, 4) is 5.75 Å². The third kappa shape index (κ3) is 3.69. The number of rotatable bonds is 4. The van der Waals surface area contributed by atoms with E-state index in [2.05, 4.69) is 9.98 Å². The van der Waals surface area contributed by atoms with Crippen LogP contribution in [-0.4, -0.2) is 27.9 Å². The molecule has 106 valence electrons. The summed E-state index contributed by atoms with van der Waals surface area (Å²) < 4.78 is 0. The highest BCUT2D eigenvalue weighted by atomic mass is 16.6. The minimum Gasteiger partial charge on any atom is -0.508 e. The van der Waals surface area contributed by atoms with Gasteiger partial charge >= 0.3 is 0 Å². The van der Waals surface area contributed by atoms with Gasteiger partial charge in [0.25, 0.3) is 5.70 Å². The summed E-state index contributed by atoms with van der Waals surface area (Å²) in [4.78, 5) is 30.1. The van der Waals surface area contributed by atoms with E-state index >= 15 is 0 Å². The summed E-state index contributed by atoms with van der Waals surface area (Å²) in [7, 11) is 0. The molecule has 0 aliphatic carbocycles. The van der Waals surface area contributed by atoms with Crippen molar-refractivity contribution in [1.29, 1.82) is 0 Å². The van der Waals surface area contributed by atoms with E-state index in [1.807, 2.05) is 0 Å². The zero-order valence-electron chi connectivity index (χ0n) is 10.8. The third-order valence-corrected chi connectivity index (χ3v) is 2.67. The van der Waals surface area contributed by atoms with Gasteiger partial charge < -0.3 is 5.11 Å². The molecule has 2 rings (SSSR count). The zero-order chi connectivity index (χ0) is 15.2. The summed E-state index contributed by atoms with van der Waals surface area (Å²) in [6, 6.07) is 5.60. The molecule has 1 aliphatic heterocycles. The Hall–Kier alpha value is -3.09. The van der Waals surface area contributed by atoms with Crippen LogP contribution in [0, 0.1) is 10.1 Å². The van der Waals surface area contributed by atoms with E-state index in [4.69, 9.17) is 0 Å². The lowest BCUT2D eigenvalue weighted by atomic mass is 10.1. The van der Waals surface area contributed by atoms with Crippen LogP contribution in [0.1, 0.15) is 16.8 Å². The van der Waals surface area contributed by atoms with Gasteiger partial charge in [-0.25, -0.2) is 9.98 Å². The lowest BCUT2D eigenvalue weighted by molar-refractivity contribution is -0.415. The maximum atomic E-state index is 12.0. The van der Waals surface area contributed by atoms with Crippen molar-refractivity contribution in [1.82, 2.24) is 0 Å². The van der Waals surface area contributed by atoms with Gasteiger partial charge in [-0.1, -0.05) is 18.2 Å². The summed E-state index contributed by atoms with van der Waals surface area (Å²) in [5.41, 5.74) is -0.0832. The Kier molecular flexibility index (Phi) is 4.35. The molecule has 1 aromatic carbocycles. The van der Waals surface area contributed by atoms with E-state index in [-0.39, 0.29) is 29.1 Å². The fourth-order valence-corrected chi connectivity index (χ4v) is 1.70. The number of carbonyl (C=O) groups excluding carboxylic acids is 1. The summed E-state index contributed by atoms with van der Waals surface area (Å²) in [6.07, 6.45) is 5.39. The van der Waals surface area contributed by atoms with Gasteiger partial charge in [-0.15, -0.1) is 0 Å². The van der Waals surface area contributed by atoms with Gasteiger partial charge in [0.1, 0.15) is 17.8 Å². The molecule has 0 atom stereocenters. The minimum absolute atomic E-state index is 0.0845. The van der Waals surface area contributed by atoms with Crippen LogP contribution in [0.15, 0.2) is 58.3 Å². The molecular formula is C14H11N3O4. The van der Waals surface area contributed by atoms with Gasteiger partial charge in [0.05, 0.1) is 11.0 Å². The van der Waals surface area contributed by atoms with Gasteiger partial charge in [0.15, 0.2) is 5.78 Å². The highest BCUT2D eigenvalue weighted by Crippen LogP contribution is 2.14.